The van der Waals surface area contributed by atoms with Crippen molar-refractivity contribution in [3.63, 3.8) is 0 Å². The quantitative estimate of drug-likeness (QED) is 0.780. The predicted octanol–water partition coefficient (Wildman–Crippen LogP) is 4.22. The lowest BCUT2D eigenvalue weighted by molar-refractivity contribution is -0.117. The molecular formula is C17H15ClN4O2. The second-order valence-electron chi connectivity index (χ2n) is 5.16. The second-order valence-corrected chi connectivity index (χ2v) is 5.60. The highest BCUT2D eigenvalue weighted by molar-refractivity contribution is 6.30. The molecule has 1 aliphatic rings. The molecule has 7 heteroatoms. The zero-order chi connectivity index (χ0) is 17.1. The molecule has 0 aliphatic carbocycles. The summed E-state index contributed by atoms with van der Waals surface area (Å²) in [5.41, 5.74) is 1.73. The maximum Gasteiger partial charge on any atom is 0.280 e. The Balaban J connectivity index is 1.85. The highest BCUT2D eigenvalue weighted by Gasteiger charge is 2.34. The average Bonchev–Trinajstić information content (AvgIpc) is 2.88. The standard InChI is InChI=1S/C17H15ClN4O2/c1-11-16(17(23)22(21-11)13-6-4-3-5-7-13)20-19-14-10-12(18)8-9-15(14)24-2/h3-10,16H,1-2H3/t16-/m1/s1. The van der Waals surface area contributed by atoms with E-state index in [2.05, 4.69) is 15.3 Å². The van der Waals surface area contributed by atoms with E-state index in [-0.39, 0.29) is 5.91 Å². The Hall–Kier alpha value is -2.73. The summed E-state index contributed by atoms with van der Waals surface area (Å²) in [5.74, 6) is 0.284. The summed E-state index contributed by atoms with van der Waals surface area (Å²) in [7, 11) is 1.53. The van der Waals surface area contributed by atoms with E-state index in [4.69, 9.17) is 16.3 Å². The number of rotatable bonds is 4. The Morgan fingerprint density at radius 1 is 1.21 bits per heavy atom. The maximum atomic E-state index is 12.6. The van der Waals surface area contributed by atoms with Gasteiger partial charge >= 0.3 is 0 Å². The topological polar surface area (TPSA) is 66.6 Å². The molecular weight excluding hydrogens is 328 g/mol. The molecule has 0 fully saturated rings. The highest BCUT2D eigenvalue weighted by Crippen LogP contribution is 2.31. The fraction of sp³-hybridized carbons (Fsp3) is 0.176. The number of methoxy groups -OCH3 is 1. The number of ether oxygens (including phenoxy) is 1. The number of anilines is 1. The van der Waals surface area contributed by atoms with E-state index in [0.29, 0.717) is 27.9 Å². The maximum absolute atomic E-state index is 12.6. The molecule has 1 heterocycles. The number of nitrogens with zero attached hydrogens (tertiary/aromatic N) is 4. The SMILES string of the molecule is COc1ccc(Cl)cc1N=N[C@H]1C(=O)N(c2ccccc2)N=C1C. The Labute approximate surface area is 144 Å². The van der Waals surface area contributed by atoms with Gasteiger partial charge in [0.05, 0.1) is 18.5 Å². The third kappa shape index (κ3) is 3.14. The van der Waals surface area contributed by atoms with Gasteiger partial charge in [0.1, 0.15) is 11.4 Å². The molecule has 0 radical (unpaired) electrons. The first kappa shape index (κ1) is 16.1. The third-order valence-electron chi connectivity index (χ3n) is 3.52. The minimum absolute atomic E-state index is 0.247. The molecule has 6 nitrogen and oxygen atoms in total. The van der Waals surface area contributed by atoms with Crippen LogP contribution in [0.2, 0.25) is 5.02 Å². The molecule has 1 amide bonds. The van der Waals surface area contributed by atoms with Crippen molar-refractivity contribution in [1.29, 1.82) is 0 Å². The van der Waals surface area contributed by atoms with Gasteiger partial charge in [0.25, 0.3) is 5.91 Å². The number of benzene rings is 2. The Morgan fingerprint density at radius 2 is 1.96 bits per heavy atom. The van der Waals surface area contributed by atoms with Crippen LogP contribution in [0.15, 0.2) is 63.9 Å². The number of carbonyl (C=O) groups excluding carboxylic acids is 1. The van der Waals surface area contributed by atoms with Crippen LogP contribution >= 0.6 is 11.6 Å². The number of halogens is 1. The minimum Gasteiger partial charge on any atom is -0.494 e. The van der Waals surface area contributed by atoms with E-state index in [9.17, 15) is 4.79 Å². The van der Waals surface area contributed by atoms with Crippen molar-refractivity contribution >= 4 is 34.6 Å². The summed E-state index contributed by atoms with van der Waals surface area (Å²) in [6, 6.07) is 13.5. The van der Waals surface area contributed by atoms with Crippen molar-refractivity contribution < 1.29 is 9.53 Å². The van der Waals surface area contributed by atoms with E-state index in [1.165, 1.54) is 12.1 Å². The van der Waals surface area contributed by atoms with Gasteiger partial charge in [-0.25, -0.2) is 0 Å². The lowest BCUT2D eigenvalue weighted by atomic mass is 10.2. The third-order valence-corrected chi connectivity index (χ3v) is 3.75. The van der Waals surface area contributed by atoms with Gasteiger partial charge in [0.2, 0.25) is 0 Å². The zero-order valence-corrected chi connectivity index (χ0v) is 13.9. The summed E-state index contributed by atoms with van der Waals surface area (Å²) in [6.45, 7) is 1.75. The van der Waals surface area contributed by atoms with Crippen molar-refractivity contribution in [2.45, 2.75) is 13.0 Å². The van der Waals surface area contributed by atoms with E-state index in [0.717, 1.165) is 0 Å². The smallest absolute Gasteiger partial charge is 0.280 e. The van der Waals surface area contributed by atoms with Gasteiger partial charge in [-0.15, -0.1) is 0 Å². The molecule has 2 aromatic carbocycles. The van der Waals surface area contributed by atoms with E-state index < -0.39 is 6.04 Å². The first-order valence-corrected chi connectivity index (χ1v) is 7.66. The lowest BCUT2D eigenvalue weighted by Crippen LogP contribution is -2.29. The monoisotopic (exact) mass is 342 g/mol. The molecule has 0 saturated carbocycles. The number of amides is 1. The van der Waals surface area contributed by atoms with Crippen LogP contribution in [0.3, 0.4) is 0 Å². The fourth-order valence-corrected chi connectivity index (χ4v) is 2.47. The molecule has 1 aliphatic heterocycles. The van der Waals surface area contributed by atoms with Crippen LogP contribution in [0, 0.1) is 0 Å². The van der Waals surface area contributed by atoms with Gasteiger partial charge in [0, 0.05) is 5.02 Å². The van der Waals surface area contributed by atoms with Crippen LogP contribution in [-0.4, -0.2) is 24.8 Å². The molecule has 3 rings (SSSR count). The molecule has 24 heavy (non-hydrogen) atoms. The van der Waals surface area contributed by atoms with Gasteiger partial charge in [-0.2, -0.15) is 20.3 Å². The molecule has 1 atom stereocenters. The van der Waals surface area contributed by atoms with Crippen LogP contribution in [0.25, 0.3) is 0 Å². The Morgan fingerprint density at radius 3 is 2.67 bits per heavy atom. The van der Waals surface area contributed by atoms with Crippen molar-refractivity contribution in [3.8, 4) is 5.75 Å². The van der Waals surface area contributed by atoms with Gasteiger partial charge in [-0.3, -0.25) is 4.79 Å². The van der Waals surface area contributed by atoms with E-state index >= 15 is 0 Å². The molecule has 0 spiro atoms. The van der Waals surface area contributed by atoms with Gasteiger partial charge in [0.15, 0.2) is 6.04 Å². The summed E-state index contributed by atoms with van der Waals surface area (Å²) >= 11 is 5.97. The number of para-hydroxylation sites is 1. The van der Waals surface area contributed by atoms with Crippen molar-refractivity contribution in [2.24, 2.45) is 15.3 Å². The number of hydrogen-bond acceptors (Lipinski definition) is 5. The van der Waals surface area contributed by atoms with E-state index in [1.54, 1.807) is 25.1 Å². The minimum atomic E-state index is -0.756. The summed E-state index contributed by atoms with van der Waals surface area (Å²) in [6.07, 6.45) is 0. The molecule has 122 valence electrons. The average molecular weight is 343 g/mol. The molecule has 2 aromatic rings. The first-order chi connectivity index (χ1) is 11.6. The zero-order valence-electron chi connectivity index (χ0n) is 13.2. The summed E-state index contributed by atoms with van der Waals surface area (Å²) in [4.78, 5) is 12.6. The van der Waals surface area contributed by atoms with Crippen LogP contribution in [0.4, 0.5) is 11.4 Å². The number of carbonyl (C=O) groups is 1. The normalized spacial score (nSPS) is 17.5. The van der Waals surface area contributed by atoms with Crippen LogP contribution in [-0.2, 0) is 4.79 Å². The van der Waals surface area contributed by atoms with Crippen LogP contribution in [0.1, 0.15) is 6.92 Å². The lowest BCUT2D eigenvalue weighted by Gasteiger charge is -2.12. The summed E-state index contributed by atoms with van der Waals surface area (Å²) < 4.78 is 5.22. The molecule has 0 unspecified atom stereocenters. The van der Waals surface area contributed by atoms with Crippen LogP contribution in [0.5, 0.6) is 5.75 Å². The predicted molar refractivity (Wildman–Crippen MR) is 93.3 cm³/mol. The Bertz CT molecular complexity index is 821. The van der Waals surface area contributed by atoms with Gasteiger partial charge < -0.3 is 4.74 Å². The number of azo groups is 1. The van der Waals surface area contributed by atoms with E-state index in [1.807, 2.05) is 30.3 Å². The largest absolute Gasteiger partial charge is 0.494 e. The molecule has 0 saturated heterocycles. The number of hydrogen-bond donors (Lipinski definition) is 0. The first-order valence-electron chi connectivity index (χ1n) is 7.28. The van der Waals surface area contributed by atoms with Gasteiger partial charge in [-0.1, -0.05) is 29.8 Å². The fourth-order valence-electron chi connectivity index (χ4n) is 2.30. The van der Waals surface area contributed by atoms with Crippen LogP contribution < -0.4 is 9.75 Å². The molecule has 0 aromatic heterocycles. The van der Waals surface area contributed by atoms with Crippen molar-refractivity contribution in [2.75, 3.05) is 12.1 Å². The second kappa shape index (κ2) is 6.80. The van der Waals surface area contributed by atoms with Crippen molar-refractivity contribution in [3.05, 3.63) is 53.6 Å². The summed E-state index contributed by atoms with van der Waals surface area (Å²) in [5, 5.41) is 14.4. The molecule has 0 N–H and O–H groups in total. The molecule has 0 bridgehead atoms. The Kier molecular flexibility index (Phi) is 4.57. The number of hydrazone groups is 1. The van der Waals surface area contributed by atoms with Crippen molar-refractivity contribution in [1.82, 2.24) is 0 Å². The highest BCUT2D eigenvalue weighted by atomic mass is 35.5. The van der Waals surface area contributed by atoms with Gasteiger partial charge in [-0.05, 0) is 37.3 Å².